The summed E-state index contributed by atoms with van der Waals surface area (Å²) < 4.78 is 32.5. The fourth-order valence-corrected chi connectivity index (χ4v) is 3.98. The fraction of sp³-hybridized carbons (Fsp3) is 0.440. The van der Waals surface area contributed by atoms with Crippen LogP contribution < -0.4 is 10.6 Å². The first kappa shape index (κ1) is 26.1. The third-order valence-corrected chi connectivity index (χ3v) is 6.28. The van der Waals surface area contributed by atoms with Gasteiger partial charge in [0.15, 0.2) is 23.2 Å². The number of halogens is 2. The molecule has 10 nitrogen and oxygen atoms in total. The highest BCUT2D eigenvalue weighted by molar-refractivity contribution is 5.94. The van der Waals surface area contributed by atoms with Crippen LogP contribution in [0.1, 0.15) is 68.6 Å². The lowest BCUT2D eigenvalue weighted by Crippen LogP contribution is -2.31. The molecule has 2 aromatic heterocycles. The van der Waals surface area contributed by atoms with E-state index in [0.717, 1.165) is 37.8 Å². The lowest BCUT2D eigenvalue weighted by molar-refractivity contribution is -0.123. The molecule has 2 heterocycles. The van der Waals surface area contributed by atoms with Gasteiger partial charge in [0, 0.05) is 23.4 Å². The van der Waals surface area contributed by atoms with E-state index in [9.17, 15) is 23.5 Å². The van der Waals surface area contributed by atoms with Gasteiger partial charge in [-0.15, -0.1) is 10.2 Å². The number of nitrogens with one attached hydrogen (secondary N) is 2. The molecule has 3 aromatic rings. The summed E-state index contributed by atoms with van der Waals surface area (Å²) in [6.45, 7) is 5.77. The zero-order valence-electron chi connectivity index (χ0n) is 20.7. The third kappa shape index (κ3) is 6.25. The van der Waals surface area contributed by atoms with Crippen molar-refractivity contribution in [2.45, 2.75) is 52.4 Å². The molecule has 4 rings (SSSR count). The first-order chi connectivity index (χ1) is 17.5. The average Bonchev–Trinajstić information content (AvgIpc) is 3.36. The second-order valence-corrected chi connectivity index (χ2v) is 10.2. The number of aromatic hydroxyl groups is 1. The van der Waals surface area contributed by atoms with Gasteiger partial charge in [0.25, 0.3) is 5.91 Å². The predicted molar refractivity (Wildman–Crippen MR) is 128 cm³/mol. The Balaban J connectivity index is 1.28. The van der Waals surface area contributed by atoms with Crippen molar-refractivity contribution in [1.29, 1.82) is 0 Å². The standard InChI is InChI=1S/C25H28F2N6O4/c1-25(2,3)24(36)29-19-9-8-18(31-32-19)21-30-23(37-33-21)14-6-4-13(5-7-14)12-28-22(35)15-10-16(26)20(34)17(27)11-15/h8-11,13-14,34H,4-7,12H2,1-3H3,(H,28,35)(H,29,32,36)/t13-,14-. The Morgan fingerprint density at radius 2 is 1.76 bits per heavy atom. The van der Waals surface area contributed by atoms with Crippen molar-refractivity contribution in [3.8, 4) is 17.3 Å². The van der Waals surface area contributed by atoms with Gasteiger partial charge in [0.2, 0.25) is 17.6 Å². The number of hydrogen-bond acceptors (Lipinski definition) is 8. The predicted octanol–water partition coefficient (Wildman–Crippen LogP) is 4.20. The van der Waals surface area contributed by atoms with Crippen molar-refractivity contribution in [3.05, 3.63) is 47.4 Å². The quantitative estimate of drug-likeness (QED) is 0.444. The Labute approximate surface area is 211 Å². The molecule has 2 amide bonds. The molecule has 0 atom stereocenters. The largest absolute Gasteiger partial charge is 0.503 e. The molecule has 0 radical (unpaired) electrons. The molecule has 1 aliphatic rings. The van der Waals surface area contributed by atoms with Crippen LogP contribution in [0, 0.1) is 23.0 Å². The summed E-state index contributed by atoms with van der Waals surface area (Å²) >= 11 is 0. The molecule has 0 aliphatic heterocycles. The molecule has 1 saturated carbocycles. The van der Waals surface area contributed by atoms with Crippen LogP contribution in [-0.4, -0.2) is 43.8 Å². The Morgan fingerprint density at radius 3 is 2.35 bits per heavy atom. The first-order valence-electron chi connectivity index (χ1n) is 12.0. The van der Waals surface area contributed by atoms with Crippen molar-refractivity contribution in [2.24, 2.45) is 11.3 Å². The molecule has 196 valence electrons. The van der Waals surface area contributed by atoms with Gasteiger partial charge < -0.3 is 20.3 Å². The van der Waals surface area contributed by atoms with Crippen molar-refractivity contribution in [1.82, 2.24) is 25.7 Å². The van der Waals surface area contributed by atoms with Crippen molar-refractivity contribution in [2.75, 3.05) is 11.9 Å². The highest BCUT2D eigenvalue weighted by Crippen LogP contribution is 2.35. The number of carbonyl (C=O) groups excluding carboxylic acids is 2. The van der Waals surface area contributed by atoms with Crippen LogP contribution in [-0.2, 0) is 4.79 Å². The van der Waals surface area contributed by atoms with E-state index in [2.05, 4.69) is 31.0 Å². The van der Waals surface area contributed by atoms with E-state index in [-0.39, 0.29) is 23.3 Å². The van der Waals surface area contributed by atoms with E-state index in [4.69, 9.17) is 4.52 Å². The lowest BCUT2D eigenvalue weighted by atomic mass is 9.82. The van der Waals surface area contributed by atoms with Crippen LogP contribution in [0.25, 0.3) is 11.5 Å². The summed E-state index contributed by atoms with van der Waals surface area (Å²) in [5, 5.41) is 26.7. The van der Waals surface area contributed by atoms with Gasteiger partial charge in [-0.1, -0.05) is 25.9 Å². The summed E-state index contributed by atoms with van der Waals surface area (Å²) in [5.74, 6) is -2.86. The van der Waals surface area contributed by atoms with Crippen LogP contribution in [0.15, 0.2) is 28.8 Å². The zero-order chi connectivity index (χ0) is 26.7. The number of phenols is 1. The Morgan fingerprint density at radius 1 is 1.08 bits per heavy atom. The number of aromatic nitrogens is 4. The Kier molecular flexibility index (Phi) is 7.46. The number of anilines is 1. The van der Waals surface area contributed by atoms with Crippen LogP contribution in [0.3, 0.4) is 0 Å². The first-order valence-corrected chi connectivity index (χ1v) is 12.0. The minimum atomic E-state index is -1.18. The molecule has 12 heteroatoms. The second kappa shape index (κ2) is 10.6. The molecular formula is C25H28F2N6O4. The van der Waals surface area contributed by atoms with E-state index in [1.54, 1.807) is 32.9 Å². The normalized spacial score (nSPS) is 17.9. The zero-order valence-corrected chi connectivity index (χ0v) is 20.7. The second-order valence-electron chi connectivity index (χ2n) is 10.2. The number of benzene rings is 1. The third-order valence-electron chi connectivity index (χ3n) is 6.28. The van der Waals surface area contributed by atoms with Gasteiger partial charge in [0.1, 0.15) is 5.69 Å². The fourth-order valence-electron chi connectivity index (χ4n) is 3.98. The molecule has 0 unspecified atom stereocenters. The number of nitrogens with zero attached hydrogens (tertiary/aromatic N) is 4. The molecular weight excluding hydrogens is 486 g/mol. The topological polar surface area (TPSA) is 143 Å². The van der Waals surface area contributed by atoms with E-state index < -0.39 is 28.7 Å². The monoisotopic (exact) mass is 514 g/mol. The minimum Gasteiger partial charge on any atom is -0.503 e. The maximum Gasteiger partial charge on any atom is 0.251 e. The average molecular weight is 515 g/mol. The van der Waals surface area contributed by atoms with Gasteiger partial charge in [-0.2, -0.15) is 4.98 Å². The van der Waals surface area contributed by atoms with Crippen molar-refractivity contribution in [3.63, 3.8) is 0 Å². The smallest absolute Gasteiger partial charge is 0.251 e. The molecule has 37 heavy (non-hydrogen) atoms. The van der Waals surface area contributed by atoms with Gasteiger partial charge in [-0.25, -0.2) is 8.78 Å². The van der Waals surface area contributed by atoms with Crippen LogP contribution in [0.5, 0.6) is 5.75 Å². The summed E-state index contributed by atoms with van der Waals surface area (Å²) in [7, 11) is 0. The Bertz CT molecular complexity index is 1260. The highest BCUT2D eigenvalue weighted by atomic mass is 19.1. The lowest BCUT2D eigenvalue weighted by Gasteiger charge is -2.26. The van der Waals surface area contributed by atoms with Gasteiger partial charge >= 0.3 is 0 Å². The number of carbonyl (C=O) groups is 2. The summed E-state index contributed by atoms with van der Waals surface area (Å²) in [6.07, 6.45) is 3.13. The minimum absolute atomic E-state index is 0.0618. The highest BCUT2D eigenvalue weighted by Gasteiger charge is 2.28. The molecule has 0 bridgehead atoms. The van der Waals surface area contributed by atoms with Crippen molar-refractivity contribution >= 4 is 17.6 Å². The van der Waals surface area contributed by atoms with Gasteiger partial charge in [-0.05, 0) is 55.9 Å². The molecule has 1 aliphatic carbocycles. The van der Waals surface area contributed by atoms with Gasteiger partial charge in [0.05, 0.1) is 0 Å². The van der Waals surface area contributed by atoms with E-state index in [0.29, 0.717) is 29.8 Å². The summed E-state index contributed by atoms with van der Waals surface area (Å²) in [4.78, 5) is 28.8. The number of rotatable bonds is 6. The van der Waals surface area contributed by atoms with Gasteiger partial charge in [-0.3, -0.25) is 9.59 Å². The molecule has 3 N–H and O–H groups in total. The maximum atomic E-state index is 13.5. The van der Waals surface area contributed by atoms with Crippen LogP contribution >= 0.6 is 0 Å². The van der Waals surface area contributed by atoms with Crippen LogP contribution in [0.4, 0.5) is 14.6 Å². The van der Waals surface area contributed by atoms with E-state index in [1.807, 2.05) is 0 Å². The molecule has 0 spiro atoms. The molecule has 1 aromatic carbocycles. The number of hydrogen-bond donors (Lipinski definition) is 3. The number of phenolic OH excluding ortho intramolecular Hbond substituents is 1. The van der Waals surface area contributed by atoms with Crippen molar-refractivity contribution < 1.29 is 28.0 Å². The summed E-state index contributed by atoms with van der Waals surface area (Å²) in [6, 6.07) is 4.89. The van der Waals surface area contributed by atoms with E-state index >= 15 is 0 Å². The Hall–Kier alpha value is -3.96. The number of amides is 2. The summed E-state index contributed by atoms with van der Waals surface area (Å²) in [5.41, 5.74) is -0.325. The van der Waals surface area contributed by atoms with Crippen LogP contribution in [0.2, 0.25) is 0 Å². The SMILES string of the molecule is CC(C)(C)C(=O)Nc1ccc(-c2noc([C@H]3CC[C@H](CNC(=O)c4cc(F)c(O)c(F)c4)CC3)n2)nn1. The molecule has 1 fully saturated rings. The maximum absolute atomic E-state index is 13.5. The van der Waals surface area contributed by atoms with E-state index in [1.165, 1.54) is 0 Å². The molecule has 0 saturated heterocycles.